The zero-order chi connectivity index (χ0) is 20.5. The molecule has 1 aromatic rings. The Hall–Kier alpha value is -0.630. The first kappa shape index (κ1) is 23.0. The van der Waals surface area contributed by atoms with Crippen molar-refractivity contribution in [2.45, 2.75) is 82.6 Å². The predicted molar refractivity (Wildman–Crippen MR) is 116 cm³/mol. The molecule has 0 spiro atoms. The summed E-state index contributed by atoms with van der Waals surface area (Å²) >= 11 is 1.78. The molecule has 6 heteroatoms. The summed E-state index contributed by atoms with van der Waals surface area (Å²) in [6.45, 7) is 8.43. The van der Waals surface area contributed by atoms with Gasteiger partial charge >= 0.3 is 0 Å². The van der Waals surface area contributed by atoms with Gasteiger partial charge in [0, 0.05) is 18.8 Å². The number of hydrogen-bond donors (Lipinski definition) is 0. The summed E-state index contributed by atoms with van der Waals surface area (Å²) in [5.41, 5.74) is 0.956. The van der Waals surface area contributed by atoms with E-state index in [4.69, 9.17) is 23.7 Å². The predicted octanol–water partition coefficient (Wildman–Crippen LogP) is 4.95. The summed E-state index contributed by atoms with van der Waals surface area (Å²) in [6, 6.07) is 10.1. The van der Waals surface area contributed by atoms with Gasteiger partial charge in [-0.25, -0.2) is 0 Å². The lowest BCUT2D eigenvalue weighted by Gasteiger charge is -2.49. The second-order valence-corrected chi connectivity index (χ2v) is 8.93. The SMILES string of the molecule is CCCCOC1[C@H]2OC(c3ccccc3)OCC2O[C@@H](SCC)[C@H]1OCCCC. The van der Waals surface area contributed by atoms with Crippen molar-refractivity contribution in [1.82, 2.24) is 0 Å². The van der Waals surface area contributed by atoms with Gasteiger partial charge < -0.3 is 23.7 Å². The van der Waals surface area contributed by atoms with Crippen LogP contribution in [-0.4, -0.2) is 55.4 Å². The molecule has 2 aliphatic rings. The standard InChI is InChI=1S/C23H36O5S/c1-4-7-14-24-20-19-18(16-26-22(28-19)17-12-10-9-11-13-17)27-23(29-6-3)21(20)25-15-8-5-2/h9-13,18-23H,4-8,14-16H2,1-3H3/t18?,19-,20?,21-,22?,23-/m0/s1. The molecule has 2 fully saturated rings. The second-order valence-electron chi connectivity index (χ2n) is 7.55. The number of rotatable bonds is 11. The third-order valence-electron chi connectivity index (χ3n) is 5.30. The number of thioether (sulfide) groups is 1. The van der Waals surface area contributed by atoms with Crippen molar-refractivity contribution in [3.8, 4) is 0 Å². The van der Waals surface area contributed by atoms with Crippen LogP contribution in [0.5, 0.6) is 0 Å². The molecular formula is C23H36O5S. The topological polar surface area (TPSA) is 46.2 Å². The highest BCUT2D eigenvalue weighted by molar-refractivity contribution is 7.99. The highest BCUT2D eigenvalue weighted by Crippen LogP contribution is 2.39. The summed E-state index contributed by atoms with van der Waals surface area (Å²) < 4.78 is 31.6. The highest BCUT2D eigenvalue weighted by atomic mass is 32.2. The molecule has 0 N–H and O–H groups in total. The molecule has 3 rings (SSSR count). The van der Waals surface area contributed by atoms with Crippen LogP contribution in [0.2, 0.25) is 0 Å². The molecule has 3 unspecified atom stereocenters. The van der Waals surface area contributed by atoms with Crippen LogP contribution < -0.4 is 0 Å². The zero-order valence-electron chi connectivity index (χ0n) is 18.0. The Morgan fingerprint density at radius 2 is 1.62 bits per heavy atom. The van der Waals surface area contributed by atoms with Crippen molar-refractivity contribution in [2.75, 3.05) is 25.6 Å². The first-order chi connectivity index (χ1) is 14.3. The maximum absolute atomic E-state index is 6.42. The molecular weight excluding hydrogens is 388 g/mol. The number of benzene rings is 1. The first-order valence-electron chi connectivity index (χ1n) is 11.1. The molecule has 0 saturated carbocycles. The fraction of sp³-hybridized carbons (Fsp3) is 0.739. The van der Waals surface area contributed by atoms with E-state index >= 15 is 0 Å². The van der Waals surface area contributed by atoms with E-state index < -0.39 is 6.29 Å². The normalized spacial score (nSPS) is 32.1. The van der Waals surface area contributed by atoms with Crippen LogP contribution in [-0.2, 0) is 23.7 Å². The Morgan fingerprint density at radius 1 is 0.931 bits per heavy atom. The van der Waals surface area contributed by atoms with Crippen molar-refractivity contribution >= 4 is 11.8 Å². The van der Waals surface area contributed by atoms with Crippen molar-refractivity contribution in [2.24, 2.45) is 0 Å². The van der Waals surface area contributed by atoms with Gasteiger partial charge in [-0.05, 0) is 18.6 Å². The van der Waals surface area contributed by atoms with Crippen LogP contribution in [0, 0.1) is 0 Å². The van der Waals surface area contributed by atoms with Crippen molar-refractivity contribution in [3.05, 3.63) is 35.9 Å². The first-order valence-corrected chi connectivity index (χ1v) is 12.2. The molecule has 164 valence electrons. The highest BCUT2D eigenvalue weighted by Gasteiger charge is 2.51. The average Bonchev–Trinajstić information content (AvgIpc) is 2.76. The minimum atomic E-state index is -0.398. The Bertz CT molecular complexity index is 572. The quantitative estimate of drug-likeness (QED) is 0.469. The molecule has 0 amide bonds. The summed E-state index contributed by atoms with van der Waals surface area (Å²) in [7, 11) is 0. The molecule has 29 heavy (non-hydrogen) atoms. The zero-order valence-corrected chi connectivity index (χ0v) is 18.8. The van der Waals surface area contributed by atoms with Gasteiger partial charge in [0.2, 0.25) is 0 Å². The van der Waals surface area contributed by atoms with E-state index in [2.05, 4.69) is 20.8 Å². The smallest absolute Gasteiger partial charge is 0.184 e. The fourth-order valence-electron chi connectivity index (χ4n) is 3.72. The second kappa shape index (κ2) is 12.3. The Morgan fingerprint density at radius 3 is 2.28 bits per heavy atom. The van der Waals surface area contributed by atoms with E-state index in [1.165, 1.54) is 0 Å². The van der Waals surface area contributed by atoms with Crippen molar-refractivity contribution < 1.29 is 23.7 Å². The van der Waals surface area contributed by atoms with Crippen LogP contribution in [0.15, 0.2) is 30.3 Å². The van der Waals surface area contributed by atoms with E-state index in [0.29, 0.717) is 13.2 Å². The van der Waals surface area contributed by atoms with Crippen molar-refractivity contribution in [3.63, 3.8) is 0 Å². The van der Waals surface area contributed by atoms with E-state index in [-0.39, 0.29) is 29.9 Å². The molecule has 2 saturated heterocycles. The average molecular weight is 425 g/mol. The van der Waals surface area contributed by atoms with Gasteiger partial charge in [-0.1, -0.05) is 63.9 Å². The van der Waals surface area contributed by atoms with Gasteiger partial charge in [-0.3, -0.25) is 0 Å². The largest absolute Gasteiger partial charge is 0.373 e. The molecule has 0 aliphatic carbocycles. The number of ether oxygens (including phenoxy) is 5. The van der Waals surface area contributed by atoms with E-state index in [1.54, 1.807) is 11.8 Å². The summed E-state index contributed by atoms with van der Waals surface area (Å²) in [5.74, 6) is 0.964. The van der Waals surface area contributed by atoms with Crippen molar-refractivity contribution in [1.29, 1.82) is 0 Å². The summed E-state index contributed by atoms with van der Waals surface area (Å²) in [4.78, 5) is 0. The van der Waals surface area contributed by atoms with Crippen LogP contribution in [0.1, 0.15) is 58.3 Å². The van der Waals surface area contributed by atoms with Gasteiger partial charge in [-0.2, -0.15) is 0 Å². The third kappa shape index (κ3) is 6.18. The third-order valence-corrected chi connectivity index (χ3v) is 6.34. The van der Waals surface area contributed by atoms with Crippen LogP contribution in [0.3, 0.4) is 0 Å². The number of hydrogen-bond acceptors (Lipinski definition) is 6. The Balaban J connectivity index is 1.78. The monoisotopic (exact) mass is 424 g/mol. The van der Waals surface area contributed by atoms with Crippen LogP contribution in [0.4, 0.5) is 0 Å². The van der Waals surface area contributed by atoms with Gasteiger partial charge in [0.1, 0.15) is 29.9 Å². The van der Waals surface area contributed by atoms with Gasteiger partial charge in [0.15, 0.2) is 6.29 Å². The lowest BCUT2D eigenvalue weighted by Crippen LogP contribution is -2.62. The molecule has 0 bridgehead atoms. The van der Waals surface area contributed by atoms with Gasteiger partial charge in [0.25, 0.3) is 0 Å². The lowest BCUT2D eigenvalue weighted by molar-refractivity contribution is -0.327. The molecule has 1 aromatic carbocycles. The molecule has 0 aromatic heterocycles. The molecule has 2 heterocycles. The molecule has 6 atom stereocenters. The Kier molecular flexibility index (Phi) is 9.76. The maximum Gasteiger partial charge on any atom is 0.184 e. The van der Waals surface area contributed by atoms with Gasteiger partial charge in [-0.15, -0.1) is 11.8 Å². The van der Waals surface area contributed by atoms with E-state index in [9.17, 15) is 0 Å². The summed E-state index contributed by atoms with van der Waals surface area (Å²) in [6.07, 6.45) is 3.23. The Labute approximate surface area is 179 Å². The van der Waals surface area contributed by atoms with Crippen LogP contribution >= 0.6 is 11.8 Å². The minimum absolute atomic E-state index is 0.0646. The van der Waals surface area contributed by atoms with Crippen LogP contribution in [0.25, 0.3) is 0 Å². The molecule has 0 radical (unpaired) electrons. The number of unbranched alkanes of at least 4 members (excludes halogenated alkanes) is 2. The number of fused-ring (bicyclic) bond motifs is 1. The lowest BCUT2D eigenvalue weighted by atomic mass is 9.98. The van der Waals surface area contributed by atoms with Gasteiger partial charge in [0.05, 0.1) is 6.61 Å². The van der Waals surface area contributed by atoms with E-state index in [0.717, 1.165) is 43.6 Å². The maximum atomic E-state index is 6.42. The minimum Gasteiger partial charge on any atom is -0.373 e. The molecule has 2 aliphatic heterocycles. The van der Waals surface area contributed by atoms with E-state index in [1.807, 2.05) is 30.3 Å². The summed E-state index contributed by atoms with van der Waals surface area (Å²) in [5, 5.41) is 0. The molecule has 5 nitrogen and oxygen atoms in total. The fourth-order valence-corrected chi connectivity index (χ4v) is 4.69.